The smallest absolute Gasteiger partial charge is 0.265 e. The molecule has 1 aromatic carbocycles. The van der Waals surface area contributed by atoms with Crippen molar-refractivity contribution in [1.29, 1.82) is 0 Å². The molecule has 1 aromatic rings. The Morgan fingerprint density at radius 2 is 1.76 bits per heavy atom. The summed E-state index contributed by atoms with van der Waals surface area (Å²) in [6, 6.07) is 7.73. The monoisotopic (exact) mass is 340 g/mol. The molecule has 0 radical (unpaired) electrons. The number of nitrogens with one attached hydrogen (secondary N) is 1. The molecule has 5 nitrogen and oxygen atoms in total. The highest BCUT2D eigenvalue weighted by atomic mass is 16.5. The average Bonchev–Trinajstić information content (AvgIpc) is 2.60. The van der Waals surface area contributed by atoms with Crippen molar-refractivity contribution in [3.8, 4) is 5.75 Å². The second kappa shape index (κ2) is 5.75. The Labute approximate surface area is 147 Å². The first-order valence-corrected chi connectivity index (χ1v) is 9.49. The van der Waals surface area contributed by atoms with Crippen LogP contribution in [0, 0.1) is 23.7 Å². The van der Waals surface area contributed by atoms with E-state index in [1.54, 1.807) is 4.90 Å². The van der Waals surface area contributed by atoms with Gasteiger partial charge in [-0.2, -0.15) is 0 Å². The molecule has 4 bridgehead atoms. The molecule has 5 heteroatoms. The lowest BCUT2D eigenvalue weighted by molar-refractivity contribution is -0.127. The fraction of sp³-hybridized carbons (Fsp3) is 0.600. The van der Waals surface area contributed by atoms with Crippen LogP contribution >= 0.6 is 0 Å². The van der Waals surface area contributed by atoms with E-state index in [2.05, 4.69) is 5.32 Å². The molecule has 6 rings (SSSR count). The second-order valence-corrected chi connectivity index (χ2v) is 8.26. The van der Waals surface area contributed by atoms with Crippen LogP contribution in [0.25, 0.3) is 0 Å². The van der Waals surface area contributed by atoms with Gasteiger partial charge in [-0.1, -0.05) is 12.1 Å². The van der Waals surface area contributed by atoms with Crippen LogP contribution in [0.2, 0.25) is 0 Å². The van der Waals surface area contributed by atoms with Crippen molar-refractivity contribution < 1.29 is 14.3 Å². The number of carbonyl (C=O) groups excluding carboxylic acids is 2. The van der Waals surface area contributed by atoms with Crippen LogP contribution in [0.5, 0.6) is 5.75 Å². The molecule has 5 aliphatic rings. The van der Waals surface area contributed by atoms with Gasteiger partial charge in [0.25, 0.3) is 5.91 Å². The number of ether oxygens (including phenoxy) is 1. The molecule has 1 N–H and O–H groups in total. The molecule has 0 saturated heterocycles. The summed E-state index contributed by atoms with van der Waals surface area (Å²) in [5, 5.41) is 3.29. The molecular weight excluding hydrogens is 316 g/mol. The van der Waals surface area contributed by atoms with Crippen LogP contribution in [0.3, 0.4) is 0 Å². The van der Waals surface area contributed by atoms with Crippen LogP contribution in [0.4, 0.5) is 5.69 Å². The van der Waals surface area contributed by atoms with Gasteiger partial charge in [0.05, 0.1) is 5.69 Å². The van der Waals surface area contributed by atoms with E-state index in [9.17, 15) is 9.59 Å². The van der Waals surface area contributed by atoms with Crippen molar-refractivity contribution in [2.24, 2.45) is 23.7 Å². The van der Waals surface area contributed by atoms with Crippen LogP contribution < -0.4 is 15.0 Å². The van der Waals surface area contributed by atoms with Gasteiger partial charge in [0, 0.05) is 6.04 Å². The quantitative estimate of drug-likeness (QED) is 0.919. The topological polar surface area (TPSA) is 58.6 Å². The van der Waals surface area contributed by atoms with E-state index in [0.29, 0.717) is 29.3 Å². The Bertz CT molecular complexity index is 689. The van der Waals surface area contributed by atoms with Crippen LogP contribution in [-0.2, 0) is 9.59 Å². The number of hydrogen-bond acceptors (Lipinski definition) is 3. The van der Waals surface area contributed by atoms with E-state index in [1.165, 1.54) is 32.1 Å². The number of rotatable bonds is 3. The van der Waals surface area contributed by atoms with Crippen LogP contribution in [-0.4, -0.2) is 31.0 Å². The molecule has 132 valence electrons. The Hall–Kier alpha value is -2.04. The summed E-state index contributed by atoms with van der Waals surface area (Å²) in [4.78, 5) is 26.5. The van der Waals surface area contributed by atoms with Crippen LogP contribution in [0.15, 0.2) is 24.3 Å². The Kier molecular flexibility index (Phi) is 3.50. The number of para-hydroxylation sites is 2. The highest BCUT2D eigenvalue weighted by Crippen LogP contribution is 2.53. The molecule has 1 heterocycles. The highest BCUT2D eigenvalue weighted by Gasteiger charge is 2.48. The molecule has 0 aromatic heterocycles. The number of amides is 2. The minimum absolute atomic E-state index is 0.00231. The number of hydrogen-bond donors (Lipinski definition) is 1. The van der Waals surface area contributed by atoms with E-state index < -0.39 is 0 Å². The van der Waals surface area contributed by atoms with Crippen molar-refractivity contribution in [3.63, 3.8) is 0 Å². The normalized spacial score (nSPS) is 35.3. The molecule has 0 spiro atoms. The molecule has 2 amide bonds. The molecular formula is C20H24N2O3. The van der Waals surface area contributed by atoms with Gasteiger partial charge in [-0.25, -0.2) is 0 Å². The Morgan fingerprint density at radius 3 is 2.48 bits per heavy atom. The molecule has 4 aliphatic carbocycles. The van der Waals surface area contributed by atoms with Gasteiger partial charge in [0.15, 0.2) is 6.61 Å². The van der Waals surface area contributed by atoms with E-state index in [4.69, 9.17) is 4.74 Å². The Balaban J connectivity index is 1.29. The van der Waals surface area contributed by atoms with Crippen LogP contribution in [0.1, 0.15) is 32.1 Å². The zero-order valence-electron chi connectivity index (χ0n) is 14.3. The van der Waals surface area contributed by atoms with Crippen molar-refractivity contribution >= 4 is 17.5 Å². The SMILES string of the molecule is O=C(CN1C(=O)COc2ccccc21)NC1C2CC3CC(C2)CC1C3. The zero-order valence-corrected chi connectivity index (χ0v) is 14.3. The first kappa shape index (κ1) is 15.2. The lowest BCUT2D eigenvalue weighted by Gasteiger charge is -2.54. The third kappa shape index (κ3) is 2.60. The standard InChI is InChI=1S/C20H24N2O3/c23-18(10-22-16-3-1-2-4-17(16)25-11-19(22)24)21-20-14-6-12-5-13(8-14)9-15(20)7-12/h1-4,12-15,20H,5-11H2,(H,21,23). The van der Waals surface area contributed by atoms with Gasteiger partial charge in [0.2, 0.25) is 5.91 Å². The van der Waals surface area contributed by atoms with E-state index >= 15 is 0 Å². The summed E-state index contributed by atoms with van der Waals surface area (Å²) in [7, 11) is 0. The third-order valence-electron chi connectivity index (χ3n) is 6.66. The maximum atomic E-state index is 12.7. The third-order valence-corrected chi connectivity index (χ3v) is 6.66. The van der Waals surface area contributed by atoms with Gasteiger partial charge in [-0.3, -0.25) is 14.5 Å². The summed E-state index contributed by atoms with van der Waals surface area (Å²) in [5.74, 6) is 3.55. The second-order valence-electron chi connectivity index (χ2n) is 8.26. The van der Waals surface area contributed by atoms with E-state index in [-0.39, 0.29) is 25.0 Å². The maximum absolute atomic E-state index is 12.7. The summed E-state index contributed by atoms with van der Waals surface area (Å²) in [6.07, 6.45) is 6.51. The van der Waals surface area contributed by atoms with Crippen molar-refractivity contribution in [3.05, 3.63) is 24.3 Å². The Morgan fingerprint density at radius 1 is 1.08 bits per heavy atom. The molecule has 4 fully saturated rings. The molecule has 0 atom stereocenters. The minimum Gasteiger partial charge on any atom is -0.482 e. The van der Waals surface area contributed by atoms with Gasteiger partial charge in [-0.05, 0) is 67.9 Å². The van der Waals surface area contributed by atoms with Crippen molar-refractivity contribution in [1.82, 2.24) is 5.32 Å². The van der Waals surface area contributed by atoms with Gasteiger partial charge in [0.1, 0.15) is 12.3 Å². The lowest BCUT2D eigenvalue weighted by Crippen LogP contribution is -2.57. The van der Waals surface area contributed by atoms with Gasteiger partial charge >= 0.3 is 0 Å². The van der Waals surface area contributed by atoms with Crippen molar-refractivity contribution in [2.75, 3.05) is 18.1 Å². The predicted octanol–water partition coefficient (Wildman–Crippen LogP) is 2.35. The lowest BCUT2D eigenvalue weighted by atomic mass is 9.54. The largest absolute Gasteiger partial charge is 0.482 e. The first-order chi connectivity index (χ1) is 12.2. The molecule has 25 heavy (non-hydrogen) atoms. The van der Waals surface area contributed by atoms with E-state index in [0.717, 1.165) is 11.8 Å². The number of nitrogens with zero attached hydrogens (tertiary/aromatic N) is 1. The first-order valence-electron chi connectivity index (χ1n) is 9.49. The average molecular weight is 340 g/mol. The predicted molar refractivity (Wildman–Crippen MR) is 93.3 cm³/mol. The van der Waals surface area contributed by atoms with E-state index in [1.807, 2.05) is 24.3 Å². The molecule has 4 saturated carbocycles. The molecule has 0 unspecified atom stereocenters. The number of anilines is 1. The highest BCUT2D eigenvalue weighted by molar-refractivity contribution is 6.02. The fourth-order valence-corrected chi connectivity index (χ4v) is 5.86. The maximum Gasteiger partial charge on any atom is 0.265 e. The number of carbonyl (C=O) groups is 2. The number of benzene rings is 1. The number of fused-ring (bicyclic) bond motifs is 1. The fourth-order valence-electron chi connectivity index (χ4n) is 5.86. The summed E-state index contributed by atoms with van der Waals surface area (Å²) in [6.45, 7) is 0.0876. The van der Waals surface area contributed by atoms with Crippen molar-refractivity contribution in [2.45, 2.75) is 38.1 Å². The zero-order chi connectivity index (χ0) is 17.0. The molecule has 1 aliphatic heterocycles. The summed E-state index contributed by atoms with van der Waals surface area (Å²) < 4.78 is 5.45. The summed E-state index contributed by atoms with van der Waals surface area (Å²) >= 11 is 0. The van der Waals surface area contributed by atoms with Gasteiger partial charge in [-0.15, -0.1) is 0 Å². The minimum atomic E-state index is -0.154. The summed E-state index contributed by atoms with van der Waals surface area (Å²) in [5.41, 5.74) is 0.694. The van der Waals surface area contributed by atoms with Gasteiger partial charge < -0.3 is 10.1 Å².